The van der Waals surface area contributed by atoms with Crippen molar-refractivity contribution < 1.29 is 24.2 Å². The first-order chi connectivity index (χ1) is 14.4. The number of carbonyl (C=O) groups is 3. The molecule has 7 heteroatoms. The van der Waals surface area contributed by atoms with E-state index in [4.69, 9.17) is 4.74 Å². The van der Waals surface area contributed by atoms with Crippen LogP contribution in [0, 0.1) is 6.92 Å². The molecule has 0 fully saturated rings. The fourth-order valence-corrected chi connectivity index (χ4v) is 2.74. The number of phenolic OH excluding ortho intramolecular Hbond substituents is 1. The molecule has 2 amide bonds. The summed E-state index contributed by atoms with van der Waals surface area (Å²) in [7, 11) is 0. The van der Waals surface area contributed by atoms with Gasteiger partial charge in [0.15, 0.2) is 6.61 Å². The van der Waals surface area contributed by atoms with Crippen LogP contribution in [-0.4, -0.2) is 29.5 Å². The summed E-state index contributed by atoms with van der Waals surface area (Å²) in [5.74, 6) is -1.80. The van der Waals surface area contributed by atoms with E-state index in [2.05, 4.69) is 10.6 Å². The summed E-state index contributed by atoms with van der Waals surface area (Å²) in [6.45, 7) is 1.38. The average Bonchev–Trinajstić information content (AvgIpc) is 2.72. The zero-order chi connectivity index (χ0) is 21.5. The van der Waals surface area contributed by atoms with Crippen LogP contribution in [0.5, 0.6) is 5.75 Å². The summed E-state index contributed by atoms with van der Waals surface area (Å²) in [6, 6.07) is 19.5. The molecule has 3 N–H and O–H groups in total. The Morgan fingerprint density at radius 1 is 0.900 bits per heavy atom. The highest BCUT2D eigenvalue weighted by Crippen LogP contribution is 2.18. The molecular weight excluding hydrogens is 384 g/mol. The van der Waals surface area contributed by atoms with Gasteiger partial charge in [0, 0.05) is 5.69 Å². The van der Waals surface area contributed by atoms with Crippen LogP contribution in [-0.2, 0) is 9.53 Å². The van der Waals surface area contributed by atoms with Crippen molar-refractivity contribution in [3.05, 3.63) is 89.5 Å². The minimum absolute atomic E-state index is 0.0811. The van der Waals surface area contributed by atoms with Crippen LogP contribution in [0.4, 0.5) is 11.4 Å². The summed E-state index contributed by atoms with van der Waals surface area (Å²) in [4.78, 5) is 36.8. The SMILES string of the molecule is Cc1cccc(NC(=O)c2ccccc2NC(=O)COC(=O)c2cccc(O)c2)c1. The highest BCUT2D eigenvalue weighted by Gasteiger charge is 2.15. The highest BCUT2D eigenvalue weighted by atomic mass is 16.5. The molecular formula is C23H20N2O5. The third-order valence-corrected chi connectivity index (χ3v) is 4.14. The Morgan fingerprint density at radius 3 is 2.43 bits per heavy atom. The lowest BCUT2D eigenvalue weighted by molar-refractivity contribution is -0.119. The molecule has 3 aromatic carbocycles. The van der Waals surface area contributed by atoms with E-state index >= 15 is 0 Å². The molecule has 7 nitrogen and oxygen atoms in total. The first-order valence-electron chi connectivity index (χ1n) is 9.15. The molecule has 30 heavy (non-hydrogen) atoms. The third kappa shape index (κ3) is 5.45. The Morgan fingerprint density at radius 2 is 1.67 bits per heavy atom. The van der Waals surface area contributed by atoms with Crippen molar-refractivity contribution in [2.45, 2.75) is 6.92 Å². The number of carbonyl (C=O) groups excluding carboxylic acids is 3. The number of anilines is 2. The fourth-order valence-electron chi connectivity index (χ4n) is 2.74. The van der Waals surface area contributed by atoms with Gasteiger partial charge in [-0.05, 0) is 55.0 Å². The van der Waals surface area contributed by atoms with Crippen LogP contribution in [0.15, 0.2) is 72.8 Å². The molecule has 0 atom stereocenters. The van der Waals surface area contributed by atoms with E-state index in [0.717, 1.165) is 5.56 Å². The first kappa shape index (κ1) is 20.6. The molecule has 3 aromatic rings. The molecule has 0 saturated heterocycles. The molecule has 0 aliphatic carbocycles. The van der Waals surface area contributed by atoms with E-state index in [1.165, 1.54) is 24.3 Å². The molecule has 152 valence electrons. The van der Waals surface area contributed by atoms with Crippen molar-refractivity contribution in [2.24, 2.45) is 0 Å². The maximum Gasteiger partial charge on any atom is 0.338 e. The average molecular weight is 404 g/mol. The van der Waals surface area contributed by atoms with Crippen molar-refractivity contribution >= 4 is 29.2 Å². The van der Waals surface area contributed by atoms with Crippen LogP contribution in [0.25, 0.3) is 0 Å². The van der Waals surface area contributed by atoms with E-state index in [0.29, 0.717) is 11.4 Å². The van der Waals surface area contributed by atoms with Gasteiger partial charge >= 0.3 is 5.97 Å². The Kier molecular flexibility index (Phi) is 6.44. The first-order valence-corrected chi connectivity index (χ1v) is 9.15. The van der Waals surface area contributed by atoms with Gasteiger partial charge in [-0.3, -0.25) is 9.59 Å². The predicted octanol–water partition coefficient (Wildman–Crippen LogP) is 3.75. The van der Waals surface area contributed by atoms with Crippen LogP contribution in [0.1, 0.15) is 26.3 Å². The molecule has 0 aliphatic rings. The predicted molar refractivity (Wildman–Crippen MR) is 113 cm³/mol. The quantitative estimate of drug-likeness (QED) is 0.543. The van der Waals surface area contributed by atoms with Gasteiger partial charge < -0.3 is 20.5 Å². The normalized spacial score (nSPS) is 10.2. The fraction of sp³-hybridized carbons (Fsp3) is 0.0870. The second-order valence-corrected chi connectivity index (χ2v) is 6.54. The number of para-hydroxylation sites is 1. The summed E-state index contributed by atoms with van der Waals surface area (Å²) in [5.41, 5.74) is 2.33. The molecule has 0 bridgehead atoms. The van der Waals surface area contributed by atoms with Gasteiger partial charge in [-0.2, -0.15) is 0 Å². The lowest BCUT2D eigenvalue weighted by Gasteiger charge is -2.12. The van der Waals surface area contributed by atoms with Crippen LogP contribution >= 0.6 is 0 Å². The Balaban J connectivity index is 1.63. The number of ether oxygens (including phenoxy) is 1. The van der Waals surface area contributed by atoms with Gasteiger partial charge in [-0.15, -0.1) is 0 Å². The Labute approximate surface area is 173 Å². The molecule has 0 radical (unpaired) electrons. The number of hydrogen-bond donors (Lipinski definition) is 3. The summed E-state index contributed by atoms with van der Waals surface area (Å²) >= 11 is 0. The van der Waals surface area contributed by atoms with Gasteiger partial charge in [0.1, 0.15) is 5.75 Å². The number of aryl methyl sites for hydroxylation is 1. The van der Waals surface area contributed by atoms with E-state index in [1.807, 2.05) is 25.1 Å². The monoisotopic (exact) mass is 404 g/mol. The Bertz CT molecular complexity index is 1090. The summed E-state index contributed by atoms with van der Waals surface area (Å²) in [5, 5.41) is 14.8. The maximum absolute atomic E-state index is 12.6. The van der Waals surface area contributed by atoms with Crippen LogP contribution in [0.3, 0.4) is 0 Å². The summed E-state index contributed by atoms with van der Waals surface area (Å²) in [6.07, 6.45) is 0. The number of aromatic hydroxyl groups is 1. The standard InChI is InChI=1S/C23H20N2O5/c1-15-6-4-8-17(12-15)24-22(28)19-10-2-3-11-20(19)25-21(27)14-30-23(29)16-7-5-9-18(26)13-16/h2-13,26H,14H2,1H3,(H,24,28)(H,25,27). The number of rotatable bonds is 6. The second-order valence-electron chi connectivity index (χ2n) is 6.54. The van der Waals surface area contributed by atoms with Gasteiger partial charge in [0.2, 0.25) is 0 Å². The third-order valence-electron chi connectivity index (χ3n) is 4.14. The van der Waals surface area contributed by atoms with E-state index in [1.54, 1.807) is 30.3 Å². The van der Waals surface area contributed by atoms with E-state index in [9.17, 15) is 19.5 Å². The van der Waals surface area contributed by atoms with Gasteiger partial charge in [-0.1, -0.05) is 30.3 Å². The molecule has 0 aliphatic heterocycles. The lowest BCUT2D eigenvalue weighted by Crippen LogP contribution is -2.23. The lowest BCUT2D eigenvalue weighted by atomic mass is 10.1. The number of esters is 1. The topological polar surface area (TPSA) is 105 Å². The van der Waals surface area contributed by atoms with Crippen molar-refractivity contribution in [2.75, 3.05) is 17.2 Å². The second kappa shape index (κ2) is 9.38. The molecule has 0 aromatic heterocycles. The van der Waals surface area contributed by atoms with Crippen molar-refractivity contribution in [3.63, 3.8) is 0 Å². The zero-order valence-corrected chi connectivity index (χ0v) is 16.2. The molecule has 3 rings (SSSR count). The van der Waals surface area contributed by atoms with Crippen molar-refractivity contribution in [3.8, 4) is 5.75 Å². The van der Waals surface area contributed by atoms with Crippen LogP contribution in [0.2, 0.25) is 0 Å². The van der Waals surface area contributed by atoms with Gasteiger partial charge in [0.25, 0.3) is 11.8 Å². The summed E-state index contributed by atoms with van der Waals surface area (Å²) < 4.78 is 4.96. The largest absolute Gasteiger partial charge is 0.508 e. The number of phenols is 1. The number of benzene rings is 3. The van der Waals surface area contributed by atoms with Gasteiger partial charge in [0.05, 0.1) is 16.8 Å². The number of amides is 2. The van der Waals surface area contributed by atoms with Crippen LogP contribution < -0.4 is 10.6 Å². The maximum atomic E-state index is 12.6. The Hall–Kier alpha value is -4.13. The highest BCUT2D eigenvalue weighted by molar-refractivity contribution is 6.10. The number of nitrogens with one attached hydrogen (secondary N) is 2. The van der Waals surface area contributed by atoms with E-state index in [-0.39, 0.29) is 22.8 Å². The number of hydrogen-bond acceptors (Lipinski definition) is 5. The minimum atomic E-state index is -0.744. The zero-order valence-electron chi connectivity index (χ0n) is 16.2. The molecule has 0 saturated carbocycles. The minimum Gasteiger partial charge on any atom is -0.508 e. The van der Waals surface area contributed by atoms with Gasteiger partial charge in [-0.25, -0.2) is 4.79 Å². The molecule has 0 unspecified atom stereocenters. The molecule has 0 heterocycles. The van der Waals surface area contributed by atoms with E-state index < -0.39 is 18.5 Å². The smallest absolute Gasteiger partial charge is 0.338 e. The van der Waals surface area contributed by atoms with Crippen molar-refractivity contribution in [1.82, 2.24) is 0 Å². The molecule has 0 spiro atoms. The van der Waals surface area contributed by atoms with Crippen molar-refractivity contribution in [1.29, 1.82) is 0 Å².